The van der Waals surface area contributed by atoms with Crippen LogP contribution in [-0.4, -0.2) is 94.8 Å². The first-order chi connectivity index (χ1) is 18.8. The van der Waals surface area contributed by atoms with Crippen molar-refractivity contribution in [2.24, 2.45) is 16.6 Å². The lowest BCUT2D eigenvalue weighted by Crippen LogP contribution is -2.58. The zero-order valence-electron chi connectivity index (χ0n) is 22.6. The molecule has 40 heavy (non-hydrogen) atoms. The van der Waals surface area contributed by atoms with Crippen molar-refractivity contribution in [2.45, 2.75) is 51.2 Å². The second kappa shape index (κ2) is 11.1. The molecule has 2 aliphatic heterocycles. The summed E-state index contributed by atoms with van der Waals surface area (Å²) in [7, 11) is 1.35. The first kappa shape index (κ1) is 29.3. The summed E-state index contributed by atoms with van der Waals surface area (Å²) in [6.45, 7) is 4.92. The van der Waals surface area contributed by atoms with Crippen molar-refractivity contribution in [3.8, 4) is 0 Å². The maximum atomic E-state index is 13.5. The van der Waals surface area contributed by atoms with Gasteiger partial charge in [0.2, 0.25) is 5.89 Å². The molecule has 1 aromatic heterocycles. The fourth-order valence-corrected chi connectivity index (χ4v) is 4.73. The van der Waals surface area contributed by atoms with Crippen molar-refractivity contribution >= 4 is 23.3 Å². The van der Waals surface area contributed by atoms with Gasteiger partial charge in [-0.25, -0.2) is 9.78 Å². The average Bonchev–Trinajstić information content (AvgIpc) is 3.34. The van der Waals surface area contributed by atoms with Gasteiger partial charge in [0, 0.05) is 31.1 Å². The van der Waals surface area contributed by atoms with Gasteiger partial charge in [-0.05, 0) is 39.0 Å². The zero-order chi connectivity index (χ0) is 29.4. The number of dihydropyridines is 1. The summed E-state index contributed by atoms with van der Waals surface area (Å²) in [6.07, 6.45) is 0.114. The van der Waals surface area contributed by atoms with Gasteiger partial charge in [-0.15, -0.1) is 0 Å². The van der Waals surface area contributed by atoms with Crippen LogP contribution in [0, 0.1) is 5.92 Å². The molecule has 0 bridgehead atoms. The Kier molecular flexibility index (Phi) is 8.13. The van der Waals surface area contributed by atoms with Gasteiger partial charge >= 0.3 is 12.3 Å². The molecule has 1 fully saturated rings. The second-order valence-corrected chi connectivity index (χ2v) is 10.5. The summed E-state index contributed by atoms with van der Waals surface area (Å²) in [5.41, 5.74) is 4.44. The number of carbonyl (C=O) groups excluding carboxylic acids is 2. The smallest absolute Gasteiger partial charge is 0.432 e. The maximum Gasteiger partial charge on any atom is 0.432 e. The van der Waals surface area contributed by atoms with Crippen LogP contribution >= 0.6 is 0 Å². The van der Waals surface area contributed by atoms with Gasteiger partial charge in [0.25, 0.3) is 5.91 Å². The van der Waals surface area contributed by atoms with E-state index >= 15 is 0 Å². The first-order valence-electron chi connectivity index (χ1n) is 12.7. The Hall–Kier alpha value is -3.65. The number of piperazine rings is 1. The summed E-state index contributed by atoms with van der Waals surface area (Å²) in [4.78, 5) is 37.2. The van der Waals surface area contributed by atoms with Gasteiger partial charge < -0.3 is 29.6 Å². The van der Waals surface area contributed by atoms with Crippen molar-refractivity contribution in [3.63, 3.8) is 0 Å². The predicted octanol–water partition coefficient (Wildman–Crippen LogP) is 2.67. The number of carbonyl (C=O) groups is 2. The quantitative estimate of drug-likeness (QED) is 0.553. The number of aromatic nitrogens is 1. The minimum absolute atomic E-state index is 0.0196. The van der Waals surface area contributed by atoms with E-state index < -0.39 is 54.1 Å². The van der Waals surface area contributed by atoms with Crippen molar-refractivity contribution < 1.29 is 41.8 Å². The molecule has 3 atom stereocenters. The zero-order valence-corrected chi connectivity index (χ0v) is 22.6. The molecule has 0 aromatic carbocycles. The molecule has 0 radical (unpaired) electrons. The normalized spacial score (nSPS) is 23.2. The number of aliphatic hydroxyl groups is 1. The molecule has 14 heteroatoms. The minimum atomic E-state index is -4.63. The molecule has 218 valence electrons. The van der Waals surface area contributed by atoms with E-state index in [1.807, 2.05) is 0 Å². The highest BCUT2D eigenvalue weighted by Gasteiger charge is 2.42. The standard InChI is InChI=1S/C26H32F3N5O6/c1-25(2,3)40-24(37)34-10-9-33(12-14(34)13-35)23(36)21-18(11-30)39-22(32-21)16-5-7-17(38-4)20-15(16)6-8-19(31-20)26(27,28)29/h5-8,14-15,20,35H,9-13,30H2,1-4H3. The number of ether oxygens (including phenoxy) is 2. The van der Waals surface area contributed by atoms with Crippen LogP contribution < -0.4 is 5.73 Å². The number of oxazole rings is 1. The number of alkyl halides is 3. The number of methoxy groups -OCH3 is 1. The Balaban J connectivity index is 1.58. The molecular formula is C26H32F3N5O6. The van der Waals surface area contributed by atoms with Crippen LogP contribution in [0.3, 0.4) is 0 Å². The summed E-state index contributed by atoms with van der Waals surface area (Å²) >= 11 is 0. The number of hydrogen-bond acceptors (Lipinski definition) is 9. The number of hydrogen-bond donors (Lipinski definition) is 2. The average molecular weight is 568 g/mol. The number of aliphatic hydroxyl groups excluding tert-OH is 1. The highest BCUT2D eigenvalue weighted by atomic mass is 19.4. The summed E-state index contributed by atoms with van der Waals surface area (Å²) in [5.74, 6) is -0.857. The predicted molar refractivity (Wildman–Crippen MR) is 137 cm³/mol. The molecular weight excluding hydrogens is 535 g/mol. The monoisotopic (exact) mass is 567 g/mol. The topological polar surface area (TPSA) is 144 Å². The number of allylic oxidation sites excluding steroid dienone is 3. The van der Waals surface area contributed by atoms with Crippen LogP contribution in [0.5, 0.6) is 0 Å². The van der Waals surface area contributed by atoms with Crippen LogP contribution in [0.25, 0.3) is 5.57 Å². The van der Waals surface area contributed by atoms with Crippen LogP contribution in [0.2, 0.25) is 0 Å². The van der Waals surface area contributed by atoms with Gasteiger partial charge in [0.15, 0.2) is 11.5 Å². The summed E-state index contributed by atoms with van der Waals surface area (Å²) in [5, 5.41) is 9.92. The second-order valence-electron chi connectivity index (χ2n) is 10.5. The van der Waals surface area contributed by atoms with Crippen molar-refractivity contribution in [2.75, 3.05) is 33.4 Å². The van der Waals surface area contributed by atoms with E-state index in [1.165, 1.54) is 29.1 Å². The molecule has 3 N–H and O–H groups in total. The molecule has 3 heterocycles. The number of halogens is 3. The lowest BCUT2D eigenvalue weighted by molar-refractivity contribution is -0.0583. The van der Waals surface area contributed by atoms with E-state index in [9.17, 15) is 27.9 Å². The molecule has 4 rings (SSSR count). The van der Waals surface area contributed by atoms with E-state index in [0.717, 1.165) is 6.08 Å². The number of fused-ring (bicyclic) bond motifs is 1. The van der Waals surface area contributed by atoms with Crippen LogP contribution in [0.1, 0.15) is 42.9 Å². The van der Waals surface area contributed by atoms with Crippen LogP contribution in [0.4, 0.5) is 18.0 Å². The van der Waals surface area contributed by atoms with Crippen molar-refractivity contribution in [1.29, 1.82) is 0 Å². The molecule has 3 aliphatic rings. The molecule has 1 saturated heterocycles. The highest BCUT2D eigenvalue weighted by Crippen LogP contribution is 2.39. The molecule has 0 spiro atoms. The third-order valence-corrected chi connectivity index (χ3v) is 6.62. The summed E-state index contributed by atoms with van der Waals surface area (Å²) in [6, 6.07) is -1.70. The Morgan fingerprint density at radius 1 is 1.23 bits per heavy atom. The van der Waals surface area contributed by atoms with E-state index in [4.69, 9.17) is 19.6 Å². The number of aliphatic imine (C=N–C) groups is 1. The van der Waals surface area contributed by atoms with Crippen LogP contribution in [0.15, 0.2) is 39.5 Å². The third kappa shape index (κ3) is 5.92. The molecule has 11 nitrogen and oxygen atoms in total. The van der Waals surface area contributed by atoms with Crippen LogP contribution in [-0.2, 0) is 16.0 Å². The maximum absolute atomic E-state index is 13.5. The van der Waals surface area contributed by atoms with Gasteiger partial charge in [-0.2, -0.15) is 13.2 Å². The van der Waals surface area contributed by atoms with Crippen molar-refractivity contribution in [1.82, 2.24) is 14.8 Å². The van der Waals surface area contributed by atoms with Crippen molar-refractivity contribution in [3.05, 3.63) is 47.4 Å². The van der Waals surface area contributed by atoms with Gasteiger partial charge in [0.1, 0.15) is 23.1 Å². The number of nitrogens with two attached hydrogens (primary N) is 1. The first-order valence-corrected chi connectivity index (χ1v) is 12.7. The molecule has 1 aromatic rings. The fourth-order valence-electron chi connectivity index (χ4n) is 4.73. The Morgan fingerprint density at radius 2 is 1.95 bits per heavy atom. The SMILES string of the molecule is COC1=CC=C(c2nc(C(=O)N3CCN(C(=O)OC(C)(C)C)C(CO)C3)c(CN)o2)C2C=CC(C(F)(F)F)=NC12. The Labute approximate surface area is 228 Å². The lowest BCUT2D eigenvalue weighted by atomic mass is 9.84. The third-order valence-electron chi connectivity index (χ3n) is 6.62. The van der Waals surface area contributed by atoms with Gasteiger partial charge in [0.05, 0.1) is 26.3 Å². The minimum Gasteiger partial charge on any atom is -0.499 e. The largest absolute Gasteiger partial charge is 0.499 e. The summed E-state index contributed by atoms with van der Waals surface area (Å²) < 4.78 is 56.5. The highest BCUT2D eigenvalue weighted by molar-refractivity contribution is 6.01. The van der Waals surface area contributed by atoms with E-state index in [0.29, 0.717) is 5.57 Å². The Bertz CT molecular complexity index is 1280. The van der Waals surface area contributed by atoms with E-state index in [1.54, 1.807) is 26.8 Å². The molecule has 3 unspecified atom stereocenters. The molecule has 0 saturated carbocycles. The molecule has 2 amide bonds. The number of amides is 2. The molecule has 1 aliphatic carbocycles. The Morgan fingerprint density at radius 3 is 2.55 bits per heavy atom. The van der Waals surface area contributed by atoms with Gasteiger partial charge in [-0.3, -0.25) is 14.7 Å². The lowest BCUT2D eigenvalue weighted by Gasteiger charge is -2.40. The van der Waals surface area contributed by atoms with Gasteiger partial charge in [-0.1, -0.05) is 6.08 Å². The van der Waals surface area contributed by atoms with E-state index in [2.05, 4.69) is 9.98 Å². The van der Waals surface area contributed by atoms with E-state index in [-0.39, 0.29) is 49.3 Å². The number of rotatable bonds is 5. The number of nitrogens with zero attached hydrogens (tertiary/aromatic N) is 4. The fraction of sp³-hybridized carbons (Fsp3) is 0.538.